The minimum Gasteiger partial charge on any atom is -0.493 e. The fourth-order valence-corrected chi connectivity index (χ4v) is 6.21. The molecule has 1 N–H and O–H groups in total. The molecule has 0 unspecified atom stereocenters. The summed E-state index contributed by atoms with van der Waals surface area (Å²) in [5, 5.41) is 1.66. The zero-order valence-corrected chi connectivity index (χ0v) is 26.4. The number of aryl methyl sites for hydroxylation is 2. The number of ether oxygens (including phenoxy) is 6. The predicted molar refractivity (Wildman–Crippen MR) is 172 cm³/mol. The smallest absolute Gasteiger partial charge is 0.272 e. The van der Waals surface area contributed by atoms with Crippen LogP contribution >= 0.6 is 0 Å². The third-order valence-corrected chi connectivity index (χ3v) is 7.95. The lowest BCUT2D eigenvalue weighted by Gasteiger charge is -2.23. The van der Waals surface area contributed by atoms with Crippen molar-refractivity contribution in [3.63, 3.8) is 0 Å². The minimum atomic E-state index is -0.184. The molecular weight excluding hydrogens is 560 g/mol. The van der Waals surface area contributed by atoms with Gasteiger partial charge in [0.1, 0.15) is 5.52 Å². The molecule has 0 saturated carbocycles. The van der Waals surface area contributed by atoms with Gasteiger partial charge in [-0.1, -0.05) is 6.07 Å². The van der Waals surface area contributed by atoms with Gasteiger partial charge in [-0.25, -0.2) is 0 Å². The van der Waals surface area contributed by atoms with Gasteiger partial charge in [0.25, 0.3) is 5.56 Å². The highest BCUT2D eigenvalue weighted by atomic mass is 16.5. The second kappa shape index (κ2) is 11.4. The molecule has 230 valence electrons. The molecule has 0 atom stereocenters. The Kier molecular flexibility index (Phi) is 7.57. The summed E-state index contributed by atoms with van der Waals surface area (Å²) in [7, 11) is 6.52. The van der Waals surface area contributed by atoms with Crippen molar-refractivity contribution in [1.82, 2.24) is 9.55 Å². The van der Waals surface area contributed by atoms with Crippen LogP contribution in [0.3, 0.4) is 0 Å². The normalized spacial score (nSPS) is 12.4. The third-order valence-electron chi connectivity index (χ3n) is 7.95. The zero-order valence-electron chi connectivity index (χ0n) is 26.4. The molecule has 0 bridgehead atoms. The topological polar surface area (TPSA) is 93.2 Å². The molecule has 0 radical (unpaired) electrons. The lowest BCUT2D eigenvalue weighted by molar-refractivity contribution is 0.230. The van der Waals surface area contributed by atoms with Crippen LogP contribution in [-0.4, -0.2) is 50.2 Å². The number of benzene rings is 3. The highest BCUT2D eigenvalue weighted by Gasteiger charge is 2.30. The molecule has 0 fully saturated rings. The summed E-state index contributed by atoms with van der Waals surface area (Å²) in [4.78, 5) is 17.1. The molecule has 1 aliphatic heterocycles. The molecule has 3 heterocycles. The average Bonchev–Trinajstić information content (AvgIpc) is 3.36. The highest BCUT2D eigenvalue weighted by molar-refractivity contribution is 6.17. The molecule has 1 aliphatic rings. The molecule has 9 nitrogen and oxygen atoms in total. The van der Waals surface area contributed by atoms with Gasteiger partial charge in [0.2, 0.25) is 0 Å². The van der Waals surface area contributed by atoms with Gasteiger partial charge >= 0.3 is 0 Å². The Balaban J connectivity index is 1.77. The summed E-state index contributed by atoms with van der Waals surface area (Å²) in [5.74, 6) is 3.68. The molecule has 0 amide bonds. The number of H-pyrrole nitrogens is 1. The molecule has 0 aliphatic carbocycles. The maximum absolute atomic E-state index is 14.0. The fraction of sp³-hybridized carbons (Fsp3) is 0.343. The maximum atomic E-state index is 14.0. The van der Waals surface area contributed by atoms with Crippen molar-refractivity contribution in [3.8, 4) is 56.9 Å². The van der Waals surface area contributed by atoms with Gasteiger partial charge in [-0.05, 0) is 75.6 Å². The molecule has 6 rings (SSSR count). The SMILES string of the molecule is COc1cc2c(cc1OC)-c1c(-c3ccc(OC(C)C)c(OC)c3)c3c4cc(OC)c(OC(C)C)cc4[nH]c(=O)c3n1CC2. The lowest BCUT2D eigenvalue weighted by Crippen LogP contribution is -2.16. The van der Waals surface area contributed by atoms with Crippen LogP contribution in [0, 0.1) is 0 Å². The maximum Gasteiger partial charge on any atom is 0.272 e. The molecular formula is C35H38N2O7. The van der Waals surface area contributed by atoms with E-state index in [1.165, 1.54) is 0 Å². The first-order chi connectivity index (χ1) is 21.2. The quantitative estimate of drug-likeness (QED) is 0.196. The molecule has 9 heteroatoms. The Morgan fingerprint density at radius 3 is 2.00 bits per heavy atom. The van der Waals surface area contributed by atoms with Gasteiger partial charge in [0, 0.05) is 34.5 Å². The van der Waals surface area contributed by atoms with Crippen LogP contribution in [0.5, 0.6) is 34.5 Å². The van der Waals surface area contributed by atoms with Crippen LogP contribution in [-0.2, 0) is 13.0 Å². The van der Waals surface area contributed by atoms with E-state index in [0.717, 1.165) is 45.1 Å². The number of hydrogen-bond acceptors (Lipinski definition) is 7. The Labute approximate surface area is 256 Å². The van der Waals surface area contributed by atoms with E-state index in [2.05, 4.69) is 9.55 Å². The van der Waals surface area contributed by atoms with Gasteiger partial charge < -0.3 is 38.0 Å². The van der Waals surface area contributed by atoms with Gasteiger partial charge in [-0.2, -0.15) is 0 Å². The first kappa shape index (κ1) is 29.3. The highest BCUT2D eigenvalue weighted by Crippen LogP contribution is 2.49. The first-order valence-corrected chi connectivity index (χ1v) is 14.8. The summed E-state index contributed by atoms with van der Waals surface area (Å²) in [5.41, 5.74) is 5.84. The van der Waals surface area contributed by atoms with Crippen molar-refractivity contribution in [2.45, 2.75) is 52.9 Å². The van der Waals surface area contributed by atoms with Crippen LogP contribution in [0.2, 0.25) is 0 Å². The van der Waals surface area contributed by atoms with Gasteiger partial charge in [-0.15, -0.1) is 0 Å². The number of pyridine rings is 1. The zero-order chi connectivity index (χ0) is 31.3. The Morgan fingerprint density at radius 2 is 1.34 bits per heavy atom. The average molecular weight is 599 g/mol. The van der Waals surface area contributed by atoms with Crippen molar-refractivity contribution in [2.75, 3.05) is 28.4 Å². The van der Waals surface area contributed by atoms with Gasteiger partial charge in [0.15, 0.2) is 34.5 Å². The van der Waals surface area contributed by atoms with E-state index in [1.54, 1.807) is 28.4 Å². The van der Waals surface area contributed by atoms with Crippen molar-refractivity contribution in [2.24, 2.45) is 0 Å². The summed E-state index contributed by atoms with van der Waals surface area (Å²) in [6.45, 7) is 8.48. The largest absolute Gasteiger partial charge is 0.493 e. The predicted octanol–water partition coefficient (Wildman–Crippen LogP) is 6.98. The van der Waals surface area contributed by atoms with Crippen LogP contribution in [0.25, 0.3) is 44.2 Å². The Bertz CT molecular complexity index is 1950. The Hall–Kier alpha value is -4.79. The van der Waals surface area contributed by atoms with E-state index in [-0.39, 0.29) is 17.8 Å². The van der Waals surface area contributed by atoms with E-state index in [1.807, 2.05) is 70.2 Å². The summed E-state index contributed by atoms with van der Waals surface area (Å²) in [6.07, 6.45) is 0.624. The molecule has 5 aromatic rings. The number of methoxy groups -OCH3 is 4. The number of nitrogens with one attached hydrogen (secondary N) is 1. The number of aromatic nitrogens is 2. The number of fused-ring (bicyclic) bond motifs is 7. The van der Waals surface area contributed by atoms with Gasteiger partial charge in [-0.3, -0.25) is 4.79 Å². The van der Waals surface area contributed by atoms with Crippen molar-refractivity contribution in [1.29, 1.82) is 0 Å². The lowest BCUT2D eigenvalue weighted by atomic mass is 9.91. The van der Waals surface area contributed by atoms with E-state index < -0.39 is 0 Å². The van der Waals surface area contributed by atoms with Gasteiger partial charge in [0.05, 0.1) is 51.9 Å². The Morgan fingerprint density at radius 1 is 0.727 bits per heavy atom. The standard InChI is InChI=1S/C35H38N2O7/c1-18(2)43-25-10-9-21(14-26(25)39-5)31-32-23-16-29(42-8)30(44-19(3)4)17-24(23)36-35(38)34(32)37-12-11-20-13-27(40-6)28(41-7)15-22(20)33(31)37/h9-10,13-19H,11-12H2,1-8H3,(H,36,38). The molecule has 0 saturated heterocycles. The third kappa shape index (κ3) is 4.76. The molecule has 0 spiro atoms. The van der Waals surface area contributed by atoms with E-state index in [0.29, 0.717) is 52.1 Å². The first-order valence-electron chi connectivity index (χ1n) is 14.8. The van der Waals surface area contributed by atoms with Crippen LogP contribution in [0.4, 0.5) is 0 Å². The summed E-state index contributed by atoms with van der Waals surface area (Å²) in [6, 6.07) is 13.7. The van der Waals surface area contributed by atoms with Crippen LogP contribution < -0.4 is 34.0 Å². The number of rotatable bonds is 9. The second-order valence-electron chi connectivity index (χ2n) is 11.4. The molecule has 2 aromatic heterocycles. The van der Waals surface area contributed by atoms with E-state index in [9.17, 15) is 4.79 Å². The van der Waals surface area contributed by atoms with Crippen LogP contribution in [0.15, 0.2) is 47.3 Å². The number of aromatic amines is 1. The monoisotopic (exact) mass is 598 g/mol. The minimum absolute atomic E-state index is 0.0237. The fourth-order valence-electron chi connectivity index (χ4n) is 6.21. The molecule has 3 aromatic carbocycles. The van der Waals surface area contributed by atoms with E-state index in [4.69, 9.17) is 28.4 Å². The number of hydrogen-bond donors (Lipinski definition) is 1. The van der Waals surface area contributed by atoms with Crippen molar-refractivity contribution >= 4 is 21.8 Å². The number of nitrogens with zero attached hydrogens (tertiary/aromatic N) is 1. The second-order valence-corrected chi connectivity index (χ2v) is 11.4. The molecule has 44 heavy (non-hydrogen) atoms. The van der Waals surface area contributed by atoms with E-state index >= 15 is 0 Å². The summed E-state index contributed by atoms with van der Waals surface area (Å²) >= 11 is 0. The van der Waals surface area contributed by atoms with Crippen LogP contribution in [0.1, 0.15) is 33.3 Å². The van der Waals surface area contributed by atoms with Crippen molar-refractivity contribution in [3.05, 3.63) is 58.4 Å². The van der Waals surface area contributed by atoms with Crippen molar-refractivity contribution < 1.29 is 28.4 Å². The summed E-state index contributed by atoms with van der Waals surface area (Å²) < 4.78 is 37.2.